The van der Waals surface area contributed by atoms with Gasteiger partial charge in [0.25, 0.3) is 0 Å². The van der Waals surface area contributed by atoms with Crippen molar-refractivity contribution in [1.82, 2.24) is 15.1 Å². The lowest BCUT2D eigenvalue weighted by atomic mass is 9.92. The van der Waals surface area contributed by atoms with Gasteiger partial charge in [0.2, 0.25) is 12.3 Å². The minimum Gasteiger partial charge on any atom is -0.306 e. The molecule has 158 valence electrons. The number of carbonyl (C=O) groups is 3. The third kappa shape index (κ3) is 5.69. The monoisotopic (exact) mass is 402 g/mol. The van der Waals surface area contributed by atoms with E-state index in [1.165, 1.54) is 10.0 Å². The summed E-state index contributed by atoms with van der Waals surface area (Å²) in [6.07, 6.45) is 7.00. The number of nitrogens with zero attached hydrogens (tertiary/aromatic N) is 3. The van der Waals surface area contributed by atoms with Crippen molar-refractivity contribution < 1.29 is 19.6 Å². The maximum Gasteiger partial charge on any atom is 0.340 e. The van der Waals surface area contributed by atoms with Gasteiger partial charge in [-0.25, -0.2) is 19.9 Å². The van der Waals surface area contributed by atoms with E-state index in [0.29, 0.717) is 42.6 Å². The number of nitrogens with one attached hydrogen (secondary N) is 1. The van der Waals surface area contributed by atoms with Crippen LogP contribution in [0.5, 0.6) is 0 Å². The largest absolute Gasteiger partial charge is 0.340 e. The molecule has 0 bridgehead atoms. The molecule has 1 aromatic rings. The van der Waals surface area contributed by atoms with Gasteiger partial charge >= 0.3 is 6.03 Å². The van der Waals surface area contributed by atoms with Crippen LogP contribution in [0.3, 0.4) is 0 Å². The molecule has 8 nitrogen and oxygen atoms in total. The minimum atomic E-state index is -0.529. The molecule has 2 aliphatic rings. The second-order valence-corrected chi connectivity index (χ2v) is 7.90. The van der Waals surface area contributed by atoms with Crippen molar-refractivity contribution in [3.05, 3.63) is 30.3 Å². The Hall–Kier alpha value is -2.61. The van der Waals surface area contributed by atoms with Crippen LogP contribution >= 0.6 is 0 Å². The van der Waals surface area contributed by atoms with E-state index >= 15 is 0 Å². The highest BCUT2D eigenvalue weighted by atomic mass is 16.5. The molecule has 3 rings (SSSR count). The van der Waals surface area contributed by atoms with Crippen LogP contribution in [0.1, 0.15) is 44.9 Å². The summed E-state index contributed by atoms with van der Waals surface area (Å²) in [6.45, 7) is 0.856. The number of hydrogen-bond donors (Lipinski definition) is 2. The zero-order valence-electron chi connectivity index (χ0n) is 16.7. The standard InChI is InChI=1S/C21H30N4O4/c26-16-23(29)15-18(14-17-8-4-5-9-17)20(27)24-12-6-7-13-25(24)21(28)22-19-10-2-1-3-11-19/h1-3,10-11,16-18,29H,4-9,12-15H2,(H,22,28). The molecule has 0 radical (unpaired) electrons. The molecule has 2 N–H and O–H groups in total. The summed E-state index contributed by atoms with van der Waals surface area (Å²) in [6, 6.07) is 8.78. The Kier molecular flexibility index (Phi) is 7.46. The zero-order valence-corrected chi connectivity index (χ0v) is 16.7. The summed E-state index contributed by atoms with van der Waals surface area (Å²) in [4.78, 5) is 37.1. The highest BCUT2D eigenvalue weighted by Gasteiger charge is 2.35. The molecule has 0 spiro atoms. The van der Waals surface area contributed by atoms with Gasteiger partial charge in [0.1, 0.15) is 0 Å². The predicted octanol–water partition coefficient (Wildman–Crippen LogP) is 3.10. The Balaban J connectivity index is 1.72. The third-order valence-electron chi connectivity index (χ3n) is 5.77. The maximum atomic E-state index is 13.4. The number of para-hydroxylation sites is 1. The molecular formula is C21H30N4O4. The Morgan fingerprint density at radius 3 is 2.41 bits per heavy atom. The summed E-state index contributed by atoms with van der Waals surface area (Å²) in [5.41, 5.74) is 0.667. The average Bonchev–Trinajstić information content (AvgIpc) is 3.26. The fourth-order valence-corrected chi connectivity index (χ4v) is 4.30. The molecule has 1 aliphatic carbocycles. The van der Waals surface area contributed by atoms with Crippen LogP contribution in [0.15, 0.2) is 30.3 Å². The Morgan fingerprint density at radius 1 is 1.10 bits per heavy atom. The van der Waals surface area contributed by atoms with Crippen LogP contribution in [-0.4, -0.2) is 58.3 Å². The lowest BCUT2D eigenvalue weighted by Crippen LogP contribution is -2.57. The molecule has 1 saturated carbocycles. The van der Waals surface area contributed by atoms with Gasteiger partial charge in [0, 0.05) is 18.8 Å². The fourth-order valence-electron chi connectivity index (χ4n) is 4.30. The molecule has 0 aromatic heterocycles. The van der Waals surface area contributed by atoms with E-state index in [4.69, 9.17) is 0 Å². The third-order valence-corrected chi connectivity index (χ3v) is 5.77. The van der Waals surface area contributed by atoms with Crippen LogP contribution in [0.2, 0.25) is 0 Å². The highest BCUT2D eigenvalue weighted by molar-refractivity contribution is 5.91. The van der Waals surface area contributed by atoms with E-state index in [0.717, 1.165) is 38.5 Å². The van der Waals surface area contributed by atoms with E-state index in [1.807, 2.05) is 18.2 Å². The Bertz CT molecular complexity index is 693. The molecule has 1 heterocycles. The van der Waals surface area contributed by atoms with Gasteiger partial charge in [-0.3, -0.25) is 14.8 Å². The molecule has 29 heavy (non-hydrogen) atoms. The number of hydroxylamine groups is 2. The molecule has 1 unspecified atom stereocenters. The quantitative estimate of drug-likeness (QED) is 0.416. The topological polar surface area (TPSA) is 93.2 Å². The van der Waals surface area contributed by atoms with Gasteiger partial charge in [0.05, 0.1) is 12.5 Å². The minimum absolute atomic E-state index is 0.0521. The van der Waals surface area contributed by atoms with Gasteiger partial charge in [-0.05, 0) is 37.3 Å². The predicted molar refractivity (Wildman–Crippen MR) is 108 cm³/mol. The normalized spacial score (nSPS) is 18.4. The summed E-state index contributed by atoms with van der Waals surface area (Å²) in [7, 11) is 0. The fraction of sp³-hybridized carbons (Fsp3) is 0.571. The van der Waals surface area contributed by atoms with Crippen LogP contribution in [0, 0.1) is 11.8 Å². The smallest absolute Gasteiger partial charge is 0.306 e. The first-order valence-corrected chi connectivity index (χ1v) is 10.4. The van der Waals surface area contributed by atoms with Crippen LogP contribution in [0.25, 0.3) is 0 Å². The van der Waals surface area contributed by atoms with Crippen molar-refractivity contribution >= 4 is 24.0 Å². The molecule has 1 aliphatic heterocycles. The van der Waals surface area contributed by atoms with Gasteiger partial charge in [0.15, 0.2) is 0 Å². The maximum absolute atomic E-state index is 13.4. The second kappa shape index (κ2) is 10.2. The lowest BCUT2D eigenvalue weighted by molar-refractivity contribution is -0.164. The number of amides is 4. The van der Waals surface area contributed by atoms with Crippen molar-refractivity contribution in [2.45, 2.75) is 44.9 Å². The van der Waals surface area contributed by atoms with Crippen molar-refractivity contribution in [3.8, 4) is 0 Å². The number of rotatable bonds is 7. The van der Waals surface area contributed by atoms with Gasteiger partial charge < -0.3 is 5.32 Å². The first kappa shape index (κ1) is 21.1. The van der Waals surface area contributed by atoms with Crippen molar-refractivity contribution in [1.29, 1.82) is 0 Å². The van der Waals surface area contributed by atoms with Gasteiger partial charge in [-0.1, -0.05) is 43.9 Å². The first-order valence-electron chi connectivity index (χ1n) is 10.4. The number of benzene rings is 1. The van der Waals surface area contributed by atoms with Gasteiger partial charge in [-0.2, -0.15) is 0 Å². The Labute approximate surface area is 171 Å². The van der Waals surface area contributed by atoms with E-state index in [-0.39, 0.29) is 18.5 Å². The first-order chi connectivity index (χ1) is 14.1. The lowest BCUT2D eigenvalue weighted by Gasteiger charge is -2.40. The van der Waals surface area contributed by atoms with E-state index < -0.39 is 5.92 Å². The number of carbonyl (C=O) groups excluding carboxylic acids is 3. The molecule has 4 amide bonds. The second-order valence-electron chi connectivity index (χ2n) is 7.90. The SMILES string of the molecule is O=CN(O)CC(CC1CCCC1)C(=O)N1CCCCN1C(=O)Nc1ccccc1. The summed E-state index contributed by atoms with van der Waals surface area (Å²) < 4.78 is 0. The van der Waals surface area contributed by atoms with Gasteiger partial charge in [-0.15, -0.1) is 0 Å². The molecule has 1 saturated heterocycles. The van der Waals surface area contributed by atoms with E-state index in [9.17, 15) is 19.6 Å². The molecule has 1 atom stereocenters. The van der Waals surface area contributed by atoms with E-state index in [1.54, 1.807) is 12.1 Å². The average molecular weight is 402 g/mol. The Morgan fingerprint density at radius 2 is 1.76 bits per heavy atom. The van der Waals surface area contributed by atoms with Crippen molar-refractivity contribution in [3.63, 3.8) is 0 Å². The van der Waals surface area contributed by atoms with Crippen molar-refractivity contribution in [2.75, 3.05) is 25.0 Å². The highest BCUT2D eigenvalue weighted by Crippen LogP contribution is 2.32. The summed E-state index contributed by atoms with van der Waals surface area (Å²) >= 11 is 0. The van der Waals surface area contributed by atoms with Crippen LogP contribution in [0.4, 0.5) is 10.5 Å². The molecular weight excluding hydrogens is 372 g/mol. The number of hydrazine groups is 1. The summed E-state index contributed by atoms with van der Waals surface area (Å²) in [5.74, 6) is -0.320. The number of anilines is 1. The number of urea groups is 1. The number of hydrogen-bond acceptors (Lipinski definition) is 4. The summed E-state index contributed by atoms with van der Waals surface area (Å²) in [5, 5.41) is 16.1. The molecule has 8 heteroatoms. The zero-order chi connectivity index (χ0) is 20.6. The van der Waals surface area contributed by atoms with E-state index in [2.05, 4.69) is 5.32 Å². The van der Waals surface area contributed by atoms with Crippen molar-refractivity contribution in [2.24, 2.45) is 11.8 Å². The molecule has 2 fully saturated rings. The van der Waals surface area contributed by atoms with Crippen LogP contribution in [-0.2, 0) is 9.59 Å². The van der Waals surface area contributed by atoms with Crippen LogP contribution < -0.4 is 5.32 Å². The molecule has 1 aromatic carbocycles.